The zero-order chi connectivity index (χ0) is 18.8. The third kappa shape index (κ3) is 6.51. The third-order valence-corrected chi connectivity index (χ3v) is 4.01. The first-order chi connectivity index (χ1) is 12.6. The maximum atomic E-state index is 11.8. The van der Waals surface area contributed by atoms with Gasteiger partial charge in [-0.15, -0.1) is 0 Å². The molecule has 0 saturated heterocycles. The topological polar surface area (TPSA) is 59.6 Å². The van der Waals surface area contributed by atoms with Crippen LogP contribution in [0.3, 0.4) is 0 Å². The van der Waals surface area contributed by atoms with Crippen molar-refractivity contribution < 1.29 is 14.3 Å². The molecule has 0 fully saturated rings. The van der Waals surface area contributed by atoms with Crippen LogP contribution in [0, 0.1) is 5.92 Å². The normalized spacial score (nSPS) is 11.3. The highest BCUT2D eigenvalue weighted by Crippen LogP contribution is 2.18. The van der Waals surface area contributed by atoms with Gasteiger partial charge in [0.05, 0.1) is 0 Å². The molecule has 0 bridgehead atoms. The molecule has 0 aliphatic heterocycles. The molecular weight excluding hydrogens is 328 g/mol. The van der Waals surface area contributed by atoms with E-state index in [-0.39, 0.29) is 12.5 Å². The molecule has 0 aliphatic rings. The van der Waals surface area contributed by atoms with Crippen molar-refractivity contribution in [2.75, 3.05) is 6.61 Å². The lowest BCUT2D eigenvalue weighted by Gasteiger charge is -2.16. The number of carbonyl (C=O) groups is 1. The highest BCUT2D eigenvalue weighted by atomic mass is 16.5. The van der Waals surface area contributed by atoms with Crippen LogP contribution >= 0.6 is 0 Å². The summed E-state index contributed by atoms with van der Waals surface area (Å²) in [4.78, 5) is 11.8. The number of allylic oxidation sites excluding steroid dienone is 1. The summed E-state index contributed by atoms with van der Waals surface area (Å²) in [6.07, 6.45) is 0.955. The molecule has 26 heavy (non-hydrogen) atoms. The Bertz CT molecular complexity index is 699. The molecule has 0 aliphatic carbocycles. The summed E-state index contributed by atoms with van der Waals surface area (Å²) < 4.78 is 11.2. The predicted octanol–water partition coefficient (Wildman–Crippen LogP) is 3.83. The van der Waals surface area contributed by atoms with Crippen molar-refractivity contribution in [2.24, 2.45) is 5.92 Å². The standard InChI is InChI=1S/C21H26N2O3/c1-4-16(2)17(3)22-23-21(24)15-26-20-12-10-19(11-13-20)25-14-18-8-6-5-7-9-18/h5-13,16,22H,3-4,14-15H2,1-2H3,(H,23,24)/t16-/m1/s1. The van der Waals surface area contributed by atoms with Crippen LogP contribution in [-0.4, -0.2) is 12.5 Å². The van der Waals surface area contributed by atoms with Gasteiger partial charge in [-0.1, -0.05) is 50.8 Å². The Labute approximate surface area is 155 Å². The first kappa shape index (κ1) is 19.4. The van der Waals surface area contributed by atoms with E-state index in [0.29, 0.717) is 18.3 Å². The van der Waals surface area contributed by atoms with Gasteiger partial charge in [0.15, 0.2) is 6.61 Å². The Morgan fingerprint density at radius 1 is 1.00 bits per heavy atom. The predicted molar refractivity (Wildman–Crippen MR) is 103 cm³/mol. The fraction of sp³-hybridized carbons (Fsp3) is 0.286. The number of ether oxygens (including phenoxy) is 2. The minimum Gasteiger partial charge on any atom is -0.489 e. The second-order valence-corrected chi connectivity index (χ2v) is 6.04. The van der Waals surface area contributed by atoms with Crippen molar-refractivity contribution in [1.29, 1.82) is 0 Å². The summed E-state index contributed by atoms with van der Waals surface area (Å²) >= 11 is 0. The number of amides is 1. The molecule has 0 saturated carbocycles. The monoisotopic (exact) mass is 354 g/mol. The quantitative estimate of drug-likeness (QED) is 0.637. The van der Waals surface area contributed by atoms with Crippen LogP contribution < -0.4 is 20.3 Å². The minimum atomic E-state index is -0.265. The summed E-state index contributed by atoms with van der Waals surface area (Å²) in [6.45, 7) is 8.42. The molecule has 5 heteroatoms. The number of rotatable bonds is 10. The Balaban J connectivity index is 1.71. The molecule has 1 amide bonds. The van der Waals surface area contributed by atoms with Gasteiger partial charge in [0.2, 0.25) is 0 Å². The lowest BCUT2D eigenvalue weighted by Crippen LogP contribution is -2.40. The average Bonchev–Trinajstić information content (AvgIpc) is 2.69. The van der Waals surface area contributed by atoms with E-state index < -0.39 is 0 Å². The fourth-order valence-corrected chi connectivity index (χ4v) is 2.08. The Morgan fingerprint density at radius 2 is 1.62 bits per heavy atom. The second kappa shape index (κ2) is 10.1. The molecule has 2 aromatic rings. The van der Waals surface area contributed by atoms with Crippen molar-refractivity contribution in [1.82, 2.24) is 10.9 Å². The summed E-state index contributed by atoms with van der Waals surface area (Å²) in [5, 5.41) is 0. The van der Waals surface area contributed by atoms with E-state index in [1.165, 1.54) is 0 Å². The van der Waals surface area contributed by atoms with Crippen molar-refractivity contribution in [2.45, 2.75) is 26.9 Å². The molecular formula is C21H26N2O3. The Hall–Kier alpha value is -2.95. The summed E-state index contributed by atoms with van der Waals surface area (Å²) in [5.74, 6) is 1.38. The number of hydrogen-bond acceptors (Lipinski definition) is 4. The number of nitrogens with one attached hydrogen (secondary N) is 2. The van der Waals surface area contributed by atoms with E-state index in [9.17, 15) is 4.79 Å². The van der Waals surface area contributed by atoms with Crippen molar-refractivity contribution in [3.8, 4) is 11.5 Å². The first-order valence-electron chi connectivity index (χ1n) is 8.71. The maximum Gasteiger partial charge on any atom is 0.276 e. The molecule has 2 N–H and O–H groups in total. The van der Waals surface area contributed by atoms with Crippen molar-refractivity contribution >= 4 is 5.91 Å². The summed E-state index contributed by atoms with van der Waals surface area (Å²) in [5.41, 5.74) is 7.28. The van der Waals surface area contributed by atoms with Gasteiger partial charge >= 0.3 is 0 Å². The first-order valence-corrected chi connectivity index (χ1v) is 8.71. The van der Waals surface area contributed by atoms with Crippen molar-refractivity contribution in [3.05, 3.63) is 72.4 Å². The highest BCUT2D eigenvalue weighted by Gasteiger charge is 2.06. The molecule has 0 aromatic heterocycles. The van der Waals surface area contributed by atoms with Crippen LogP contribution in [0.2, 0.25) is 0 Å². The highest BCUT2D eigenvalue weighted by molar-refractivity contribution is 5.77. The van der Waals surface area contributed by atoms with Crippen molar-refractivity contribution in [3.63, 3.8) is 0 Å². The maximum absolute atomic E-state index is 11.8. The average molecular weight is 354 g/mol. The SMILES string of the molecule is C=C(NNC(=O)COc1ccc(OCc2ccccc2)cc1)[C@H](C)CC. The lowest BCUT2D eigenvalue weighted by molar-refractivity contribution is -0.123. The van der Waals surface area contributed by atoms with Gasteiger partial charge < -0.3 is 14.9 Å². The largest absolute Gasteiger partial charge is 0.489 e. The van der Waals surface area contributed by atoms with E-state index in [0.717, 1.165) is 23.4 Å². The van der Waals surface area contributed by atoms with Crippen LogP contribution in [0.15, 0.2) is 66.9 Å². The van der Waals surface area contributed by atoms with Gasteiger partial charge in [-0.2, -0.15) is 0 Å². The van der Waals surface area contributed by atoms with E-state index >= 15 is 0 Å². The van der Waals surface area contributed by atoms with Gasteiger partial charge in [-0.25, -0.2) is 0 Å². The number of hydrogen-bond donors (Lipinski definition) is 2. The van der Waals surface area contributed by atoms with Crippen LogP contribution in [0.1, 0.15) is 25.8 Å². The lowest BCUT2D eigenvalue weighted by atomic mass is 10.1. The number of carbonyl (C=O) groups excluding carboxylic acids is 1. The molecule has 2 rings (SSSR count). The smallest absolute Gasteiger partial charge is 0.276 e. The molecule has 0 radical (unpaired) electrons. The van der Waals surface area contributed by atoms with E-state index in [1.807, 2.05) is 49.4 Å². The van der Waals surface area contributed by atoms with Crippen LogP contribution in [0.4, 0.5) is 0 Å². The van der Waals surface area contributed by atoms with Crippen LogP contribution in [0.25, 0.3) is 0 Å². The van der Waals surface area contributed by atoms with E-state index in [4.69, 9.17) is 9.47 Å². The number of hydrazine groups is 1. The van der Waals surface area contributed by atoms with E-state index in [2.05, 4.69) is 24.4 Å². The fourth-order valence-electron chi connectivity index (χ4n) is 2.08. The minimum absolute atomic E-state index is 0.0784. The van der Waals surface area contributed by atoms with Gasteiger partial charge in [0.25, 0.3) is 5.91 Å². The van der Waals surface area contributed by atoms with Gasteiger partial charge in [0, 0.05) is 5.70 Å². The second-order valence-electron chi connectivity index (χ2n) is 6.04. The molecule has 1 atom stereocenters. The van der Waals surface area contributed by atoms with Crippen LogP contribution in [0.5, 0.6) is 11.5 Å². The van der Waals surface area contributed by atoms with Crippen LogP contribution in [-0.2, 0) is 11.4 Å². The Morgan fingerprint density at radius 3 is 2.23 bits per heavy atom. The molecule has 0 heterocycles. The zero-order valence-corrected chi connectivity index (χ0v) is 15.3. The zero-order valence-electron chi connectivity index (χ0n) is 15.3. The molecule has 138 valence electrons. The summed E-state index contributed by atoms with van der Waals surface area (Å²) in [6, 6.07) is 17.2. The molecule has 2 aromatic carbocycles. The van der Waals surface area contributed by atoms with Gasteiger partial charge in [-0.05, 0) is 42.2 Å². The van der Waals surface area contributed by atoms with E-state index in [1.54, 1.807) is 12.1 Å². The number of benzene rings is 2. The molecule has 0 unspecified atom stereocenters. The summed E-state index contributed by atoms with van der Waals surface area (Å²) in [7, 11) is 0. The molecule has 0 spiro atoms. The molecule has 5 nitrogen and oxygen atoms in total. The van der Waals surface area contributed by atoms with Gasteiger partial charge in [0.1, 0.15) is 18.1 Å². The Kier molecular flexibility index (Phi) is 7.55. The van der Waals surface area contributed by atoms with Gasteiger partial charge in [-0.3, -0.25) is 10.2 Å². The third-order valence-electron chi connectivity index (χ3n) is 4.01.